The van der Waals surface area contributed by atoms with Gasteiger partial charge in [-0.2, -0.15) is 0 Å². The van der Waals surface area contributed by atoms with E-state index in [1.807, 2.05) is 0 Å². The molecule has 120 valence electrons. The van der Waals surface area contributed by atoms with Crippen LogP contribution in [0, 0.1) is 0 Å². The van der Waals surface area contributed by atoms with E-state index in [9.17, 15) is 25.5 Å². The zero-order chi connectivity index (χ0) is 16.0. The molecule has 0 saturated carbocycles. The highest BCUT2D eigenvalue weighted by Gasteiger charge is 2.27. The first-order chi connectivity index (χ1) is 9.90. The molecule has 0 radical (unpaired) electrons. The van der Waals surface area contributed by atoms with Crippen LogP contribution in [0.2, 0.25) is 0 Å². The smallest absolute Gasteiger partial charge is 0.126 e. The van der Waals surface area contributed by atoms with Crippen molar-refractivity contribution < 1.29 is 35.7 Å². The number of nitrogens with zero attached hydrogens (tertiary/aromatic N) is 2. The molecule has 1 aromatic heterocycles. The molecule has 9 heteroatoms. The van der Waals surface area contributed by atoms with E-state index < -0.39 is 43.7 Å². The van der Waals surface area contributed by atoms with Crippen molar-refractivity contribution in [3.05, 3.63) is 23.8 Å². The molecule has 9 nitrogen and oxygen atoms in total. The molecular weight excluding hydrogens is 284 g/mol. The zero-order valence-corrected chi connectivity index (χ0v) is 11.2. The van der Waals surface area contributed by atoms with Gasteiger partial charge >= 0.3 is 0 Å². The van der Waals surface area contributed by atoms with Crippen molar-refractivity contribution in [3.63, 3.8) is 0 Å². The van der Waals surface area contributed by atoms with Gasteiger partial charge in [0, 0.05) is 12.6 Å². The summed E-state index contributed by atoms with van der Waals surface area (Å²) in [6.07, 6.45) is -5.01. The van der Waals surface area contributed by atoms with E-state index in [-0.39, 0.29) is 17.8 Å². The fourth-order valence-electron chi connectivity index (χ4n) is 1.63. The minimum absolute atomic E-state index is 0.0572. The minimum atomic E-state index is -1.65. The van der Waals surface area contributed by atoms with Crippen molar-refractivity contribution in [2.75, 3.05) is 13.2 Å². The van der Waals surface area contributed by atoms with E-state index >= 15 is 0 Å². The third-order valence-electron chi connectivity index (χ3n) is 2.96. The molecule has 1 heterocycles. The van der Waals surface area contributed by atoms with Gasteiger partial charge in [-0.1, -0.05) is 0 Å². The summed E-state index contributed by atoms with van der Waals surface area (Å²) in [4.78, 5) is 7.73. The van der Waals surface area contributed by atoms with E-state index in [4.69, 9.17) is 10.2 Å². The van der Waals surface area contributed by atoms with Crippen LogP contribution in [0.15, 0.2) is 12.4 Å². The van der Waals surface area contributed by atoms with Gasteiger partial charge in [-0.25, -0.2) is 0 Å². The highest BCUT2D eigenvalue weighted by molar-refractivity contribution is 5.09. The van der Waals surface area contributed by atoms with Crippen molar-refractivity contribution in [2.24, 2.45) is 0 Å². The second-order valence-corrected chi connectivity index (χ2v) is 4.64. The lowest BCUT2D eigenvalue weighted by Crippen LogP contribution is -2.35. The molecule has 0 aliphatic heterocycles. The standard InChI is InChI=1S/C12H20N2O7/c15-4-9(18)8(17)1-6-2-13-3-7(14-6)11(20)12(21)10(19)5-16/h2-3,8-12,15-21H,1,4-5H2. The van der Waals surface area contributed by atoms with Gasteiger partial charge in [0.25, 0.3) is 0 Å². The average molecular weight is 304 g/mol. The Hall–Kier alpha value is -1.20. The fourth-order valence-corrected chi connectivity index (χ4v) is 1.63. The first-order valence-corrected chi connectivity index (χ1v) is 6.33. The zero-order valence-electron chi connectivity index (χ0n) is 11.2. The molecule has 1 rings (SSSR count). The second-order valence-electron chi connectivity index (χ2n) is 4.64. The lowest BCUT2D eigenvalue weighted by molar-refractivity contribution is -0.0791. The van der Waals surface area contributed by atoms with E-state index in [0.29, 0.717) is 0 Å². The molecule has 0 bridgehead atoms. The average Bonchev–Trinajstić information content (AvgIpc) is 2.51. The Morgan fingerprint density at radius 2 is 1.48 bits per heavy atom. The molecule has 0 aliphatic carbocycles. The van der Waals surface area contributed by atoms with Crippen LogP contribution in [0.4, 0.5) is 0 Å². The number of hydrogen-bond acceptors (Lipinski definition) is 9. The Balaban J connectivity index is 2.80. The quantitative estimate of drug-likeness (QED) is 0.257. The fraction of sp³-hybridized carbons (Fsp3) is 0.667. The van der Waals surface area contributed by atoms with Gasteiger partial charge in [-0.05, 0) is 0 Å². The Labute approximate surface area is 120 Å². The summed E-state index contributed by atoms with van der Waals surface area (Å²) in [5.74, 6) is 0. The first-order valence-electron chi connectivity index (χ1n) is 6.33. The van der Waals surface area contributed by atoms with Crippen LogP contribution in [0.1, 0.15) is 17.5 Å². The molecule has 0 spiro atoms. The Bertz CT molecular complexity index is 434. The molecule has 1 aromatic rings. The molecular formula is C12H20N2O7. The molecule has 0 aliphatic rings. The summed E-state index contributed by atoms with van der Waals surface area (Å²) >= 11 is 0. The normalized spacial score (nSPS) is 18.8. The van der Waals surface area contributed by atoms with Crippen molar-refractivity contribution in [1.29, 1.82) is 0 Å². The first kappa shape index (κ1) is 17.9. The van der Waals surface area contributed by atoms with Gasteiger partial charge in [0.15, 0.2) is 0 Å². The SMILES string of the molecule is OCC(O)C(O)Cc1cncc(C(O)C(O)C(O)CO)n1. The highest BCUT2D eigenvalue weighted by Crippen LogP contribution is 2.17. The summed E-state index contributed by atoms with van der Waals surface area (Å²) in [5.41, 5.74) is 0.162. The van der Waals surface area contributed by atoms with Crippen molar-refractivity contribution >= 4 is 0 Å². The predicted octanol–water partition coefficient (Wildman–Crippen LogP) is -3.52. The van der Waals surface area contributed by atoms with Gasteiger partial charge in [0.05, 0.1) is 36.9 Å². The number of aromatic nitrogens is 2. The lowest BCUT2D eigenvalue weighted by atomic mass is 10.1. The monoisotopic (exact) mass is 304 g/mol. The molecule has 0 saturated heterocycles. The number of aliphatic hydroxyl groups excluding tert-OH is 7. The van der Waals surface area contributed by atoms with Crippen molar-refractivity contribution in [2.45, 2.75) is 36.9 Å². The summed E-state index contributed by atoms with van der Waals surface area (Å²) in [6.45, 7) is -1.34. The van der Waals surface area contributed by atoms with Crippen LogP contribution >= 0.6 is 0 Å². The summed E-state index contributed by atoms with van der Waals surface area (Å²) in [6, 6.07) is 0. The highest BCUT2D eigenvalue weighted by atomic mass is 16.4. The Kier molecular flexibility index (Phi) is 7.05. The summed E-state index contributed by atoms with van der Waals surface area (Å²) in [7, 11) is 0. The molecule has 7 N–H and O–H groups in total. The summed E-state index contributed by atoms with van der Waals surface area (Å²) < 4.78 is 0. The van der Waals surface area contributed by atoms with Crippen LogP contribution in [-0.4, -0.2) is 83.3 Å². The Morgan fingerprint density at radius 3 is 2.05 bits per heavy atom. The van der Waals surface area contributed by atoms with Gasteiger partial charge in [0.1, 0.15) is 24.4 Å². The van der Waals surface area contributed by atoms with Crippen LogP contribution < -0.4 is 0 Å². The maximum atomic E-state index is 9.83. The van der Waals surface area contributed by atoms with Crippen LogP contribution in [0.3, 0.4) is 0 Å². The maximum Gasteiger partial charge on any atom is 0.126 e. The van der Waals surface area contributed by atoms with Crippen LogP contribution in [-0.2, 0) is 6.42 Å². The molecule has 21 heavy (non-hydrogen) atoms. The van der Waals surface area contributed by atoms with Gasteiger partial charge in [0.2, 0.25) is 0 Å². The number of rotatable bonds is 8. The van der Waals surface area contributed by atoms with Crippen LogP contribution in [0.5, 0.6) is 0 Å². The summed E-state index contributed by atoms with van der Waals surface area (Å²) in [5, 5.41) is 65.0. The van der Waals surface area contributed by atoms with Gasteiger partial charge < -0.3 is 35.7 Å². The Morgan fingerprint density at radius 1 is 0.857 bits per heavy atom. The van der Waals surface area contributed by atoms with Crippen molar-refractivity contribution in [3.8, 4) is 0 Å². The maximum absolute atomic E-state index is 9.83. The van der Waals surface area contributed by atoms with E-state index in [1.54, 1.807) is 0 Å². The van der Waals surface area contributed by atoms with Crippen molar-refractivity contribution in [1.82, 2.24) is 9.97 Å². The third kappa shape index (κ3) is 4.93. The van der Waals surface area contributed by atoms with E-state index in [0.717, 1.165) is 6.20 Å². The molecule has 5 atom stereocenters. The third-order valence-corrected chi connectivity index (χ3v) is 2.96. The largest absolute Gasteiger partial charge is 0.394 e. The number of hydrogen-bond donors (Lipinski definition) is 7. The second kappa shape index (κ2) is 8.29. The minimum Gasteiger partial charge on any atom is -0.394 e. The van der Waals surface area contributed by atoms with E-state index in [1.165, 1.54) is 6.20 Å². The van der Waals surface area contributed by atoms with Gasteiger partial charge in [-0.15, -0.1) is 0 Å². The van der Waals surface area contributed by atoms with Crippen LogP contribution in [0.25, 0.3) is 0 Å². The number of aliphatic hydroxyl groups is 7. The molecule has 5 unspecified atom stereocenters. The molecule has 0 fully saturated rings. The predicted molar refractivity (Wildman–Crippen MR) is 68.9 cm³/mol. The topological polar surface area (TPSA) is 167 Å². The van der Waals surface area contributed by atoms with Gasteiger partial charge in [-0.3, -0.25) is 9.97 Å². The van der Waals surface area contributed by atoms with E-state index in [2.05, 4.69) is 9.97 Å². The molecule has 0 amide bonds. The molecule has 0 aromatic carbocycles. The lowest BCUT2D eigenvalue weighted by Gasteiger charge is -2.21.